The highest BCUT2D eigenvalue weighted by Crippen LogP contribution is 2.29. The molecule has 0 aliphatic heterocycles. The lowest BCUT2D eigenvalue weighted by atomic mass is 10.1. The molecule has 0 aliphatic rings. The maximum atomic E-state index is 11.0. The summed E-state index contributed by atoms with van der Waals surface area (Å²) in [5, 5.41) is 9.64. The summed E-state index contributed by atoms with van der Waals surface area (Å²) in [5.41, 5.74) is 0.653. The number of benzene rings is 1. The van der Waals surface area contributed by atoms with E-state index in [1.807, 2.05) is 0 Å². The van der Waals surface area contributed by atoms with E-state index in [2.05, 4.69) is 0 Å². The maximum Gasteiger partial charge on any atom is 0.147 e. The third-order valence-corrected chi connectivity index (χ3v) is 3.62. The summed E-state index contributed by atoms with van der Waals surface area (Å²) < 4.78 is 32.6. The lowest BCUT2D eigenvalue weighted by molar-refractivity contribution is 0.191. The summed E-state index contributed by atoms with van der Waals surface area (Å²) in [6.07, 6.45) is 0.950. The van der Waals surface area contributed by atoms with E-state index in [9.17, 15) is 13.5 Å². The molecule has 19 heavy (non-hydrogen) atoms. The van der Waals surface area contributed by atoms with E-state index in [4.69, 9.17) is 9.47 Å². The first kappa shape index (κ1) is 15.8. The maximum absolute atomic E-state index is 11.0. The van der Waals surface area contributed by atoms with Gasteiger partial charge in [-0.3, -0.25) is 0 Å². The topological polar surface area (TPSA) is 72.8 Å². The Hall–Kier alpha value is -1.27. The molecular formula is C13H20O5S. The first-order valence-electron chi connectivity index (χ1n) is 6.00. The second-order valence-electron chi connectivity index (χ2n) is 4.41. The Morgan fingerprint density at radius 3 is 2.58 bits per heavy atom. The fourth-order valence-electron chi connectivity index (χ4n) is 1.62. The van der Waals surface area contributed by atoms with Crippen molar-refractivity contribution in [2.24, 2.45) is 0 Å². The Morgan fingerprint density at radius 2 is 2.05 bits per heavy atom. The van der Waals surface area contributed by atoms with Crippen molar-refractivity contribution in [2.45, 2.75) is 19.4 Å². The highest BCUT2D eigenvalue weighted by Gasteiger charge is 2.11. The van der Waals surface area contributed by atoms with Crippen molar-refractivity contribution in [1.29, 1.82) is 0 Å². The van der Waals surface area contributed by atoms with Gasteiger partial charge in [-0.2, -0.15) is 0 Å². The van der Waals surface area contributed by atoms with Crippen molar-refractivity contribution in [1.82, 2.24) is 0 Å². The van der Waals surface area contributed by atoms with Crippen molar-refractivity contribution in [3.63, 3.8) is 0 Å². The Labute approximate surface area is 114 Å². The van der Waals surface area contributed by atoms with Crippen LogP contribution in [0.3, 0.4) is 0 Å². The summed E-state index contributed by atoms with van der Waals surface area (Å²) >= 11 is 0. The molecule has 1 N–H and O–H groups in total. The van der Waals surface area contributed by atoms with Crippen molar-refractivity contribution < 1.29 is 23.0 Å². The van der Waals surface area contributed by atoms with E-state index in [1.54, 1.807) is 32.2 Å². The Balaban J connectivity index is 2.70. The lowest BCUT2D eigenvalue weighted by Crippen LogP contribution is -2.09. The molecule has 6 heteroatoms. The molecule has 1 atom stereocenters. The molecular weight excluding hydrogens is 268 g/mol. The van der Waals surface area contributed by atoms with Crippen LogP contribution in [-0.2, 0) is 9.84 Å². The highest BCUT2D eigenvalue weighted by molar-refractivity contribution is 7.90. The Kier molecular flexibility index (Phi) is 5.62. The molecule has 0 aromatic heterocycles. The van der Waals surface area contributed by atoms with Gasteiger partial charge in [0.15, 0.2) is 0 Å². The predicted octanol–water partition coefficient (Wildman–Crippen LogP) is 1.56. The summed E-state index contributed by atoms with van der Waals surface area (Å²) in [4.78, 5) is 0. The zero-order valence-electron chi connectivity index (χ0n) is 11.4. The summed E-state index contributed by atoms with van der Waals surface area (Å²) in [5.74, 6) is 1.23. The molecule has 0 radical (unpaired) electrons. The van der Waals surface area contributed by atoms with E-state index in [0.29, 0.717) is 23.5 Å². The third-order valence-electron chi connectivity index (χ3n) is 2.59. The lowest BCUT2D eigenvalue weighted by Gasteiger charge is -2.14. The van der Waals surface area contributed by atoms with Crippen LogP contribution >= 0.6 is 0 Å². The number of aliphatic hydroxyl groups excluding tert-OH is 1. The van der Waals surface area contributed by atoms with E-state index in [-0.39, 0.29) is 12.4 Å². The largest absolute Gasteiger partial charge is 0.497 e. The number of sulfone groups is 1. The second-order valence-corrected chi connectivity index (χ2v) is 6.67. The van der Waals surface area contributed by atoms with E-state index >= 15 is 0 Å². The van der Waals surface area contributed by atoms with Crippen LogP contribution in [0.2, 0.25) is 0 Å². The standard InChI is InChI=1S/C13H20O5S/c1-10(14)12-6-5-11(17-2)9-13(12)18-7-4-8-19(3,15)16/h5-6,9-10,14H,4,7-8H2,1-3H3/t10-/m0/s1. The fourth-order valence-corrected chi connectivity index (χ4v) is 2.26. The van der Waals surface area contributed by atoms with Gasteiger partial charge in [0.25, 0.3) is 0 Å². The van der Waals surface area contributed by atoms with Gasteiger partial charge in [0.05, 0.1) is 25.6 Å². The van der Waals surface area contributed by atoms with Crippen LogP contribution in [0, 0.1) is 0 Å². The molecule has 0 heterocycles. The van der Waals surface area contributed by atoms with Gasteiger partial charge in [0.2, 0.25) is 0 Å². The summed E-state index contributed by atoms with van der Waals surface area (Å²) in [7, 11) is -1.43. The Morgan fingerprint density at radius 1 is 1.37 bits per heavy atom. The van der Waals surface area contributed by atoms with Crippen LogP contribution in [-0.4, -0.2) is 39.2 Å². The number of aliphatic hydroxyl groups is 1. The van der Waals surface area contributed by atoms with Crippen molar-refractivity contribution in [2.75, 3.05) is 25.7 Å². The van der Waals surface area contributed by atoms with E-state index in [0.717, 1.165) is 0 Å². The molecule has 0 bridgehead atoms. The minimum absolute atomic E-state index is 0.0843. The van der Waals surface area contributed by atoms with E-state index < -0.39 is 15.9 Å². The van der Waals surface area contributed by atoms with Gasteiger partial charge in [-0.05, 0) is 25.5 Å². The quantitative estimate of drug-likeness (QED) is 0.771. The number of hydrogen-bond donors (Lipinski definition) is 1. The first-order valence-corrected chi connectivity index (χ1v) is 8.06. The van der Waals surface area contributed by atoms with Crippen molar-refractivity contribution in [3.05, 3.63) is 23.8 Å². The van der Waals surface area contributed by atoms with Gasteiger partial charge in [-0.15, -0.1) is 0 Å². The molecule has 5 nitrogen and oxygen atoms in total. The number of rotatable bonds is 7. The minimum atomic E-state index is -2.97. The van der Waals surface area contributed by atoms with Gasteiger partial charge >= 0.3 is 0 Å². The number of hydrogen-bond acceptors (Lipinski definition) is 5. The molecule has 0 saturated heterocycles. The smallest absolute Gasteiger partial charge is 0.147 e. The van der Waals surface area contributed by atoms with Crippen LogP contribution in [0.15, 0.2) is 18.2 Å². The number of ether oxygens (including phenoxy) is 2. The number of methoxy groups -OCH3 is 1. The summed E-state index contributed by atoms with van der Waals surface area (Å²) in [6, 6.07) is 5.16. The first-order chi connectivity index (χ1) is 8.83. The molecule has 1 rings (SSSR count). The zero-order valence-corrected chi connectivity index (χ0v) is 12.2. The average Bonchev–Trinajstić information content (AvgIpc) is 2.33. The molecule has 0 aliphatic carbocycles. The van der Waals surface area contributed by atoms with Gasteiger partial charge in [-0.1, -0.05) is 0 Å². The molecule has 108 valence electrons. The van der Waals surface area contributed by atoms with Crippen LogP contribution < -0.4 is 9.47 Å². The van der Waals surface area contributed by atoms with Gasteiger partial charge in [-0.25, -0.2) is 8.42 Å². The highest BCUT2D eigenvalue weighted by atomic mass is 32.2. The van der Waals surface area contributed by atoms with Crippen LogP contribution in [0.1, 0.15) is 25.0 Å². The minimum Gasteiger partial charge on any atom is -0.497 e. The van der Waals surface area contributed by atoms with Crippen LogP contribution in [0.25, 0.3) is 0 Å². The van der Waals surface area contributed by atoms with E-state index in [1.165, 1.54) is 6.26 Å². The van der Waals surface area contributed by atoms with Crippen molar-refractivity contribution in [3.8, 4) is 11.5 Å². The molecule has 1 aromatic rings. The average molecular weight is 288 g/mol. The predicted molar refractivity (Wildman–Crippen MR) is 73.5 cm³/mol. The van der Waals surface area contributed by atoms with Gasteiger partial charge < -0.3 is 14.6 Å². The third kappa shape index (κ3) is 5.48. The zero-order chi connectivity index (χ0) is 14.5. The Bertz CT molecular complexity index is 508. The van der Waals surface area contributed by atoms with Crippen LogP contribution in [0.4, 0.5) is 0 Å². The SMILES string of the molecule is COc1ccc([C@H](C)O)c(OCCCS(C)(=O)=O)c1. The molecule has 0 saturated carbocycles. The van der Waals surface area contributed by atoms with Crippen molar-refractivity contribution >= 4 is 9.84 Å². The summed E-state index contributed by atoms with van der Waals surface area (Å²) in [6.45, 7) is 1.92. The molecule has 1 aromatic carbocycles. The van der Waals surface area contributed by atoms with Gasteiger partial charge in [0, 0.05) is 17.9 Å². The second kappa shape index (κ2) is 6.77. The monoisotopic (exact) mass is 288 g/mol. The molecule has 0 amide bonds. The fraction of sp³-hybridized carbons (Fsp3) is 0.538. The normalized spacial score (nSPS) is 13.1. The van der Waals surface area contributed by atoms with Crippen LogP contribution in [0.5, 0.6) is 11.5 Å². The molecule has 0 fully saturated rings. The molecule has 0 unspecified atom stereocenters. The van der Waals surface area contributed by atoms with Gasteiger partial charge in [0.1, 0.15) is 21.3 Å². The molecule has 0 spiro atoms.